The van der Waals surface area contributed by atoms with E-state index in [-0.39, 0.29) is 18.5 Å². The molecule has 1 rings (SSSR count). The number of carbonyl (C=O) groups is 1. The highest BCUT2D eigenvalue weighted by atomic mass is 19.4. The molecule has 0 aromatic heterocycles. The predicted octanol–water partition coefficient (Wildman–Crippen LogP) is 2.66. The summed E-state index contributed by atoms with van der Waals surface area (Å²) in [6.45, 7) is 5.88. The van der Waals surface area contributed by atoms with Crippen LogP contribution in [0.25, 0.3) is 0 Å². The molecule has 0 spiro atoms. The van der Waals surface area contributed by atoms with Gasteiger partial charge in [0.1, 0.15) is 0 Å². The summed E-state index contributed by atoms with van der Waals surface area (Å²) in [5.41, 5.74) is -0.0810. The van der Waals surface area contributed by atoms with E-state index in [0.717, 1.165) is 12.1 Å². The highest BCUT2D eigenvalue weighted by molar-refractivity contribution is 5.78. The number of hydrogen-bond acceptors (Lipinski definition) is 2. The maximum Gasteiger partial charge on any atom is 0.416 e. The van der Waals surface area contributed by atoms with E-state index in [4.69, 9.17) is 0 Å². The lowest BCUT2D eigenvalue weighted by atomic mass is 10.1. The first-order valence-electron chi connectivity index (χ1n) is 6.12. The number of carbonyl (C=O) groups excluding carboxylic acids is 1. The fourth-order valence-corrected chi connectivity index (χ4v) is 1.62. The summed E-state index contributed by atoms with van der Waals surface area (Å²) in [7, 11) is 0. The molecule has 0 bridgehead atoms. The minimum absolute atomic E-state index is 0.136. The first-order valence-corrected chi connectivity index (χ1v) is 6.12. The normalized spacial score (nSPS) is 12.8. The molecule has 1 amide bonds. The third kappa shape index (κ3) is 5.05. The van der Waals surface area contributed by atoms with E-state index in [1.54, 1.807) is 13.0 Å². The molecule has 2 N–H and O–H groups in total. The number of rotatable bonds is 6. The summed E-state index contributed by atoms with van der Waals surface area (Å²) in [6.07, 6.45) is -2.72. The number of amides is 1. The van der Waals surface area contributed by atoms with Gasteiger partial charge >= 0.3 is 6.18 Å². The van der Waals surface area contributed by atoms with Crippen molar-refractivity contribution < 1.29 is 18.0 Å². The molecule has 0 fully saturated rings. The number of halogens is 3. The molecule has 1 atom stereocenters. The van der Waals surface area contributed by atoms with E-state index < -0.39 is 11.7 Å². The minimum atomic E-state index is -4.35. The summed E-state index contributed by atoms with van der Waals surface area (Å²) in [4.78, 5) is 11.5. The van der Waals surface area contributed by atoms with Crippen molar-refractivity contribution in [2.45, 2.75) is 19.1 Å². The van der Waals surface area contributed by atoms with E-state index in [9.17, 15) is 18.0 Å². The Balaban J connectivity index is 2.57. The zero-order valence-corrected chi connectivity index (χ0v) is 11.1. The average molecular weight is 286 g/mol. The molecule has 0 saturated carbocycles. The third-order valence-corrected chi connectivity index (χ3v) is 2.69. The van der Waals surface area contributed by atoms with E-state index in [0.29, 0.717) is 12.1 Å². The summed E-state index contributed by atoms with van der Waals surface area (Å²) >= 11 is 0. The molecule has 20 heavy (non-hydrogen) atoms. The van der Waals surface area contributed by atoms with Gasteiger partial charge in [0.25, 0.3) is 0 Å². The first kappa shape index (κ1) is 16.2. The molecule has 0 saturated heterocycles. The van der Waals surface area contributed by atoms with Crippen LogP contribution in [0.4, 0.5) is 13.2 Å². The van der Waals surface area contributed by atoms with Gasteiger partial charge in [-0.25, -0.2) is 0 Å². The van der Waals surface area contributed by atoms with Crippen LogP contribution < -0.4 is 10.6 Å². The average Bonchev–Trinajstić information content (AvgIpc) is 2.38. The van der Waals surface area contributed by atoms with Crippen molar-refractivity contribution in [3.63, 3.8) is 0 Å². The highest BCUT2D eigenvalue weighted by Gasteiger charge is 2.30. The van der Waals surface area contributed by atoms with Gasteiger partial charge in [-0.05, 0) is 24.6 Å². The smallest absolute Gasteiger partial charge is 0.348 e. The van der Waals surface area contributed by atoms with Crippen molar-refractivity contribution in [3.05, 3.63) is 48.0 Å². The van der Waals surface area contributed by atoms with E-state index in [1.165, 1.54) is 12.1 Å². The Morgan fingerprint density at radius 3 is 2.45 bits per heavy atom. The monoisotopic (exact) mass is 286 g/mol. The largest absolute Gasteiger partial charge is 0.416 e. The highest BCUT2D eigenvalue weighted by Crippen LogP contribution is 2.29. The fraction of sp³-hybridized carbons (Fsp3) is 0.357. The second-order valence-electron chi connectivity index (χ2n) is 4.33. The van der Waals surface area contributed by atoms with Crippen molar-refractivity contribution in [1.29, 1.82) is 0 Å². The topological polar surface area (TPSA) is 41.1 Å². The Morgan fingerprint density at radius 2 is 1.95 bits per heavy atom. The zero-order chi connectivity index (χ0) is 15.2. The van der Waals surface area contributed by atoms with Gasteiger partial charge in [-0.3, -0.25) is 4.79 Å². The van der Waals surface area contributed by atoms with E-state index >= 15 is 0 Å². The second-order valence-corrected chi connectivity index (χ2v) is 4.33. The molecule has 1 aromatic rings. The van der Waals surface area contributed by atoms with Gasteiger partial charge in [0.05, 0.1) is 18.2 Å². The van der Waals surface area contributed by atoms with Crippen molar-refractivity contribution in [3.8, 4) is 0 Å². The van der Waals surface area contributed by atoms with Crippen molar-refractivity contribution in [2.24, 2.45) is 0 Å². The van der Waals surface area contributed by atoms with Crippen LogP contribution >= 0.6 is 0 Å². The molecule has 0 aliphatic carbocycles. The van der Waals surface area contributed by atoms with Gasteiger partial charge in [-0.2, -0.15) is 13.2 Å². The standard InChI is InChI=1S/C14H17F3N2O/c1-3-8-18-9-13(20)19-10(2)11-4-6-12(7-5-11)14(15,16)17/h3-7,10,18H,1,8-9H2,2H3,(H,19,20). The van der Waals surface area contributed by atoms with Crippen molar-refractivity contribution in [1.82, 2.24) is 10.6 Å². The molecule has 6 heteroatoms. The summed E-state index contributed by atoms with van der Waals surface area (Å²) in [5, 5.41) is 5.54. The zero-order valence-electron chi connectivity index (χ0n) is 11.1. The fourth-order valence-electron chi connectivity index (χ4n) is 1.62. The Hall–Kier alpha value is -1.82. The number of nitrogens with one attached hydrogen (secondary N) is 2. The Labute approximate surface area is 115 Å². The van der Waals surface area contributed by atoms with Gasteiger partial charge in [0.15, 0.2) is 0 Å². The maximum atomic E-state index is 12.4. The Kier molecular flexibility index (Phi) is 5.76. The molecule has 1 unspecified atom stereocenters. The summed E-state index contributed by atoms with van der Waals surface area (Å²) < 4.78 is 37.3. The molecule has 0 radical (unpaired) electrons. The number of alkyl halides is 3. The van der Waals surface area contributed by atoms with Gasteiger partial charge in [-0.15, -0.1) is 6.58 Å². The lowest BCUT2D eigenvalue weighted by molar-refractivity contribution is -0.137. The van der Waals surface area contributed by atoms with Crippen LogP contribution in [-0.4, -0.2) is 19.0 Å². The Bertz CT molecular complexity index is 454. The predicted molar refractivity (Wildman–Crippen MR) is 71.1 cm³/mol. The van der Waals surface area contributed by atoms with Crippen LogP contribution in [0.5, 0.6) is 0 Å². The quantitative estimate of drug-likeness (QED) is 0.623. The third-order valence-electron chi connectivity index (χ3n) is 2.69. The molecule has 110 valence electrons. The minimum Gasteiger partial charge on any atom is -0.348 e. The van der Waals surface area contributed by atoms with Crippen molar-refractivity contribution in [2.75, 3.05) is 13.1 Å². The van der Waals surface area contributed by atoms with Crippen molar-refractivity contribution >= 4 is 5.91 Å². The van der Waals surface area contributed by atoms with Crippen LogP contribution in [0.2, 0.25) is 0 Å². The van der Waals surface area contributed by atoms with Crippen LogP contribution in [0, 0.1) is 0 Å². The lowest BCUT2D eigenvalue weighted by Gasteiger charge is -2.15. The SMILES string of the molecule is C=CCNCC(=O)NC(C)c1ccc(C(F)(F)F)cc1. The maximum absolute atomic E-state index is 12.4. The molecular formula is C14H17F3N2O. The molecule has 3 nitrogen and oxygen atoms in total. The van der Waals surface area contributed by atoms with Gasteiger partial charge in [-0.1, -0.05) is 18.2 Å². The molecular weight excluding hydrogens is 269 g/mol. The van der Waals surface area contributed by atoms with E-state index in [1.807, 2.05) is 0 Å². The van der Waals surface area contributed by atoms with Crippen LogP contribution in [0.15, 0.2) is 36.9 Å². The molecule has 0 heterocycles. The Morgan fingerprint density at radius 1 is 1.35 bits per heavy atom. The van der Waals surface area contributed by atoms with E-state index in [2.05, 4.69) is 17.2 Å². The number of hydrogen-bond donors (Lipinski definition) is 2. The summed E-state index contributed by atoms with van der Waals surface area (Å²) in [6, 6.07) is 4.40. The molecule has 0 aliphatic heterocycles. The van der Waals surface area contributed by atoms with Gasteiger partial charge in [0.2, 0.25) is 5.91 Å². The van der Waals surface area contributed by atoms with Crippen LogP contribution in [0.1, 0.15) is 24.1 Å². The van der Waals surface area contributed by atoms with Crippen LogP contribution in [-0.2, 0) is 11.0 Å². The lowest BCUT2D eigenvalue weighted by Crippen LogP contribution is -2.35. The molecule has 1 aromatic carbocycles. The van der Waals surface area contributed by atoms with Gasteiger partial charge in [0, 0.05) is 6.54 Å². The second kappa shape index (κ2) is 7.09. The van der Waals surface area contributed by atoms with Crippen LogP contribution in [0.3, 0.4) is 0 Å². The first-order chi connectivity index (χ1) is 9.34. The van der Waals surface area contributed by atoms with Gasteiger partial charge < -0.3 is 10.6 Å². The number of benzene rings is 1. The summed E-state index contributed by atoms with van der Waals surface area (Å²) in [5.74, 6) is -0.223. The molecule has 0 aliphatic rings.